The fourth-order valence-electron chi connectivity index (χ4n) is 4.31. The summed E-state index contributed by atoms with van der Waals surface area (Å²) in [5.41, 5.74) is 0. The lowest BCUT2D eigenvalue weighted by Crippen LogP contribution is -2.05. The third-order valence-corrected chi connectivity index (χ3v) is 6.58. The molecule has 196 valence electrons. The van der Waals surface area contributed by atoms with Crippen molar-refractivity contribution in [3.05, 3.63) is 12.2 Å². The molecule has 0 saturated heterocycles. The fourth-order valence-corrected chi connectivity index (χ4v) is 4.31. The van der Waals surface area contributed by atoms with Crippen molar-refractivity contribution in [2.24, 2.45) is 5.92 Å². The molecule has 0 atom stereocenters. The Morgan fingerprint density at radius 2 is 1.06 bits per heavy atom. The van der Waals surface area contributed by atoms with Gasteiger partial charge in [0.05, 0.1) is 6.61 Å². The van der Waals surface area contributed by atoms with Crippen LogP contribution in [0.15, 0.2) is 12.2 Å². The molecular formula is C31H60O2. The van der Waals surface area contributed by atoms with Crippen molar-refractivity contribution in [3.8, 4) is 0 Å². The Balaban J connectivity index is 3.21. The molecule has 0 bridgehead atoms. The molecule has 0 spiro atoms. The highest BCUT2D eigenvalue weighted by atomic mass is 16.5. The topological polar surface area (TPSA) is 26.3 Å². The second kappa shape index (κ2) is 27.5. The largest absolute Gasteiger partial charge is 0.466 e. The first-order valence-corrected chi connectivity index (χ1v) is 15.0. The lowest BCUT2D eigenvalue weighted by atomic mass is 10.0. The van der Waals surface area contributed by atoms with Crippen LogP contribution in [0, 0.1) is 5.92 Å². The molecule has 0 aliphatic carbocycles. The lowest BCUT2D eigenvalue weighted by molar-refractivity contribution is -0.143. The van der Waals surface area contributed by atoms with E-state index in [1.54, 1.807) is 0 Å². The Kier molecular flexibility index (Phi) is 26.8. The summed E-state index contributed by atoms with van der Waals surface area (Å²) in [4.78, 5) is 11.8. The van der Waals surface area contributed by atoms with Crippen molar-refractivity contribution >= 4 is 5.97 Å². The molecule has 2 heteroatoms. The van der Waals surface area contributed by atoms with E-state index in [1.165, 1.54) is 122 Å². The number of hydrogen-bond donors (Lipinski definition) is 0. The van der Waals surface area contributed by atoms with Crippen molar-refractivity contribution in [1.82, 2.24) is 0 Å². The zero-order chi connectivity index (χ0) is 24.2. The van der Waals surface area contributed by atoms with Crippen molar-refractivity contribution in [2.75, 3.05) is 6.61 Å². The van der Waals surface area contributed by atoms with Crippen molar-refractivity contribution in [2.45, 2.75) is 168 Å². The van der Waals surface area contributed by atoms with Gasteiger partial charge in [-0.25, -0.2) is 0 Å². The van der Waals surface area contributed by atoms with E-state index in [0.29, 0.717) is 13.0 Å². The average molecular weight is 465 g/mol. The molecule has 2 nitrogen and oxygen atoms in total. The highest BCUT2D eigenvalue weighted by molar-refractivity contribution is 5.69. The van der Waals surface area contributed by atoms with Crippen LogP contribution < -0.4 is 0 Å². The summed E-state index contributed by atoms with van der Waals surface area (Å²) < 4.78 is 5.40. The molecule has 0 heterocycles. The molecule has 0 saturated carbocycles. The Bertz CT molecular complexity index is 413. The third-order valence-electron chi connectivity index (χ3n) is 6.58. The Hall–Kier alpha value is -0.790. The quantitative estimate of drug-likeness (QED) is 0.0722. The van der Waals surface area contributed by atoms with Gasteiger partial charge in [-0.1, -0.05) is 136 Å². The van der Waals surface area contributed by atoms with Crippen LogP contribution in [-0.2, 0) is 9.53 Å². The van der Waals surface area contributed by atoms with Gasteiger partial charge in [-0.2, -0.15) is 0 Å². The van der Waals surface area contributed by atoms with Crippen LogP contribution in [0.5, 0.6) is 0 Å². The smallest absolute Gasteiger partial charge is 0.305 e. The first kappa shape index (κ1) is 32.2. The van der Waals surface area contributed by atoms with Gasteiger partial charge in [0.15, 0.2) is 0 Å². The summed E-state index contributed by atoms with van der Waals surface area (Å²) in [7, 11) is 0. The highest BCUT2D eigenvalue weighted by Crippen LogP contribution is 2.13. The number of carbonyl (C=O) groups excluding carboxylic acids is 1. The molecule has 0 aromatic rings. The first-order chi connectivity index (χ1) is 16.2. The second-order valence-electron chi connectivity index (χ2n) is 10.6. The Morgan fingerprint density at radius 3 is 1.61 bits per heavy atom. The van der Waals surface area contributed by atoms with Crippen LogP contribution in [0.3, 0.4) is 0 Å². The molecule has 0 aliphatic heterocycles. The van der Waals surface area contributed by atoms with Crippen LogP contribution in [-0.4, -0.2) is 12.6 Å². The minimum Gasteiger partial charge on any atom is -0.466 e. The number of esters is 1. The predicted molar refractivity (Wildman–Crippen MR) is 147 cm³/mol. The predicted octanol–water partition coefficient (Wildman–Crippen LogP) is 10.7. The van der Waals surface area contributed by atoms with Gasteiger partial charge in [0, 0.05) is 6.42 Å². The van der Waals surface area contributed by atoms with Gasteiger partial charge in [0.2, 0.25) is 0 Å². The maximum atomic E-state index is 11.8. The Labute approximate surface area is 208 Å². The number of carbonyl (C=O) groups is 1. The van der Waals surface area contributed by atoms with E-state index < -0.39 is 0 Å². The molecule has 0 aromatic heterocycles. The van der Waals surface area contributed by atoms with Crippen LogP contribution in [0.25, 0.3) is 0 Å². The van der Waals surface area contributed by atoms with Gasteiger partial charge in [0.25, 0.3) is 0 Å². The molecule has 0 aromatic carbocycles. The van der Waals surface area contributed by atoms with Gasteiger partial charge in [-0.05, 0) is 44.4 Å². The van der Waals surface area contributed by atoms with Crippen LogP contribution in [0.4, 0.5) is 0 Å². The molecule has 0 rings (SSSR count). The van der Waals surface area contributed by atoms with Gasteiger partial charge < -0.3 is 4.74 Å². The monoisotopic (exact) mass is 464 g/mol. The van der Waals surface area contributed by atoms with Crippen molar-refractivity contribution in [3.63, 3.8) is 0 Å². The number of unbranched alkanes of at least 4 members (excludes halogenated alkanes) is 18. The second-order valence-corrected chi connectivity index (χ2v) is 10.6. The van der Waals surface area contributed by atoms with E-state index in [9.17, 15) is 4.79 Å². The SMILES string of the molecule is CCCCCCCC/C=C\CCCCCCCC(=O)OCCCCCCCCCCC(C)C. The van der Waals surface area contributed by atoms with Gasteiger partial charge in [-0.3, -0.25) is 4.79 Å². The number of ether oxygens (including phenoxy) is 1. The average Bonchev–Trinajstić information content (AvgIpc) is 2.79. The van der Waals surface area contributed by atoms with Gasteiger partial charge >= 0.3 is 5.97 Å². The molecule has 0 aliphatic rings. The van der Waals surface area contributed by atoms with Gasteiger partial charge in [-0.15, -0.1) is 0 Å². The summed E-state index contributed by atoms with van der Waals surface area (Å²) in [5.74, 6) is 0.863. The Morgan fingerprint density at radius 1 is 0.606 bits per heavy atom. The maximum absolute atomic E-state index is 11.8. The summed E-state index contributed by atoms with van der Waals surface area (Å²) in [6.07, 6.45) is 33.9. The normalized spacial score (nSPS) is 11.6. The van der Waals surface area contributed by atoms with Crippen molar-refractivity contribution < 1.29 is 9.53 Å². The molecular weight excluding hydrogens is 404 g/mol. The van der Waals surface area contributed by atoms with E-state index in [0.717, 1.165) is 25.2 Å². The van der Waals surface area contributed by atoms with Crippen LogP contribution >= 0.6 is 0 Å². The standard InChI is InChI=1S/C31H60O2/c1-4-5-6-7-8-9-10-11-12-13-14-15-19-22-25-28-31(32)33-29-26-23-20-17-16-18-21-24-27-30(2)3/h11-12,30H,4-10,13-29H2,1-3H3/b12-11-. The molecule has 0 fully saturated rings. The zero-order valence-corrected chi connectivity index (χ0v) is 23.0. The number of hydrogen-bond acceptors (Lipinski definition) is 2. The minimum absolute atomic E-state index is 0.0118. The van der Waals surface area contributed by atoms with E-state index >= 15 is 0 Å². The number of allylic oxidation sites excluding steroid dienone is 2. The zero-order valence-electron chi connectivity index (χ0n) is 23.0. The lowest BCUT2D eigenvalue weighted by Gasteiger charge is -2.06. The van der Waals surface area contributed by atoms with Gasteiger partial charge in [0.1, 0.15) is 0 Å². The first-order valence-electron chi connectivity index (χ1n) is 15.0. The van der Waals surface area contributed by atoms with E-state index in [1.807, 2.05) is 0 Å². The van der Waals surface area contributed by atoms with Crippen LogP contribution in [0.2, 0.25) is 0 Å². The molecule has 0 radical (unpaired) electrons. The third kappa shape index (κ3) is 29.2. The number of rotatable bonds is 26. The van der Waals surface area contributed by atoms with Crippen molar-refractivity contribution in [1.29, 1.82) is 0 Å². The van der Waals surface area contributed by atoms with E-state index in [4.69, 9.17) is 4.74 Å². The molecule has 33 heavy (non-hydrogen) atoms. The summed E-state index contributed by atoms with van der Waals surface area (Å²) in [5, 5.41) is 0. The van der Waals surface area contributed by atoms with E-state index in [-0.39, 0.29) is 5.97 Å². The fraction of sp³-hybridized carbons (Fsp3) is 0.903. The molecule has 0 N–H and O–H groups in total. The summed E-state index contributed by atoms with van der Waals surface area (Å²) in [6.45, 7) is 7.52. The van der Waals surface area contributed by atoms with Crippen LogP contribution in [0.1, 0.15) is 168 Å². The summed E-state index contributed by atoms with van der Waals surface area (Å²) >= 11 is 0. The summed E-state index contributed by atoms with van der Waals surface area (Å²) in [6, 6.07) is 0. The minimum atomic E-state index is 0.0118. The molecule has 0 amide bonds. The van der Waals surface area contributed by atoms with E-state index in [2.05, 4.69) is 32.9 Å². The molecule has 0 unspecified atom stereocenters. The highest BCUT2D eigenvalue weighted by Gasteiger charge is 2.02. The maximum Gasteiger partial charge on any atom is 0.305 e.